The van der Waals surface area contributed by atoms with E-state index in [1.165, 1.54) is 11.3 Å². The number of ether oxygens (including phenoxy) is 1. The van der Waals surface area contributed by atoms with Crippen LogP contribution in [0.1, 0.15) is 43.6 Å². The van der Waals surface area contributed by atoms with Crippen molar-refractivity contribution in [1.29, 1.82) is 0 Å². The summed E-state index contributed by atoms with van der Waals surface area (Å²) in [6.07, 6.45) is 3.79. The van der Waals surface area contributed by atoms with Crippen molar-refractivity contribution in [1.82, 2.24) is 14.3 Å². The molecular formula is C25H29N5O3S. The summed E-state index contributed by atoms with van der Waals surface area (Å²) in [4.78, 5) is 33.8. The summed E-state index contributed by atoms with van der Waals surface area (Å²) in [6.45, 7) is 8.50. The van der Waals surface area contributed by atoms with E-state index in [0.717, 1.165) is 29.1 Å². The van der Waals surface area contributed by atoms with Gasteiger partial charge in [-0.15, -0.1) is 0 Å². The summed E-state index contributed by atoms with van der Waals surface area (Å²) in [5, 5.41) is 4.47. The van der Waals surface area contributed by atoms with Gasteiger partial charge in [0.1, 0.15) is 0 Å². The largest absolute Gasteiger partial charge is 0.463 e. The maximum atomic E-state index is 13.7. The number of aromatic nitrogens is 3. The van der Waals surface area contributed by atoms with Crippen LogP contribution in [0.4, 0.5) is 5.69 Å². The van der Waals surface area contributed by atoms with Crippen LogP contribution in [0, 0.1) is 6.92 Å². The first-order valence-corrected chi connectivity index (χ1v) is 12.1. The summed E-state index contributed by atoms with van der Waals surface area (Å²) in [7, 11) is 3.93. The second-order valence-corrected chi connectivity index (χ2v) is 9.32. The SMILES string of the molecule is CCOC(=O)C1=C(C)N=c2s/c(=C/c3cn(CC)nc3C)c(=O)n2C1c1ccc(N(C)C)cc1. The van der Waals surface area contributed by atoms with Gasteiger partial charge in [-0.3, -0.25) is 14.0 Å². The van der Waals surface area contributed by atoms with Gasteiger partial charge in [-0.2, -0.15) is 5.10 Å². The van der Waals surface area contributed by atoms with Gasteiger partial charge in [0.25, 0.3) is 5.56 Å². The molecule has 1 aromatic carbocycles. The average Bonchev–Trinajstić information content (AvgIpc) is 3.32. The Morgan fingerprint density at radius 1 is 1.21 bits per heavy atom. The van der Waals surface area contributed by atoms with Crippen LogP contribution in [0.2, 0.25) is 0 Å². The van der Waals surface area contributed by atoms with Gasteiger partial charge >= 0.3 is 5.97 Å². The molecule has 0 fully saturated rings. The Balaban J connectivity index is 1.93. The van der Waals surface area contributed by atoms with Gasteiger partial charge in [-0.25, -0.2) is 9.79 Å². The van der Waals surface area contributed by atoms with E-state index in [1.54, 1.807) is 18.4 Å². The van der Waals surface area contributed by atoms with E-state index in [-0.39, 0.29) is 12.2 Å². The lowest BCUT2D eigenvalue weighted by atomic mass is 9.95. The number of benzene rings is 1. The van der Waals surface area contributed by atoms with Crippen LogP contribution >= 0.6 is 11.3 Å². The number of hydrogen-bond acceptors (Lipinski definition) is 7. The van der Waals surface area contributed by atoms with Crippen molar-refractivity contribution in [3.63, 3.8) is 0 Å². The topological polar surface area (TPSA) is 81.7 Å². The van der Waals surface area contributed by atoms with Crippen LogP contribution in [-0.4, -0.2) is 41.0 Å². The van der Waals surface area contributed by atoms with E-state index in [4.69, 9.17) is 4.74 Å². The lowest BCUT2D eigenvalue weighted by Crippen LogP contribution is -2.40. The van der Waals surface area contributed by atoms with E-state index >= 15 is 0 Å². The van der Waals surface area contributed by atoms with Crippen LogP contribution in [0.3, 0.4) is 0 Å². The Kier molecular flexibility index (Phi) is 6.56. The third-order valence-corrected chi connectivity index (χ3v) is 6.82. The number of hydrogen-bond donors (Lipinski definition) is 0. The average molecular weight is 480 g/mol. The minimum atomic E-state index is -0.617. The molecule has 34 heavy (non-hydrogen) atoms. The zero-order valence-corrected chi connectivity index (χ0v) is 21.1. The second kappa shape index (κ2) is 9.42. The van der Waals surface area contributed by atoms with Gasteiger partial charge in [0.05, 0.1) is 34.1 Å². The number of fused-ring (bicyclic) bond motifs is 1. The Hall–Kier alpha value is -3.46. The highest BCUT2D eigenvalue weighted by molar-refractivity contribution is 7.07. The molecule has 1 aliphatic rings. The number of esters is 1. The Morgan fingerprint density at radius 2 is 1.91 bits per heavy atom. The molecule has 3 aromatic rings. The van der Waals surface area contributed by atoms with Gasteiger partial charge in [0, 0.05) is 38.1 Å². The van der Waals surface area contributed by atoms with Crippen LogP contribution in [0.5, 0.6) is 0 Å². The molecule has 9 heteroatoms. The maximum absolute atomic E-state index is 13.7. The predicted molar refractivity (Wildman–Crippen MR) is 134 cm³/mol. The quantitative estimate of drug-likeness (QED) is 0.507. The van der Waals surface area contributed by atoms with Crippen molar-refractivity contribution in [2.45, 2.75) is 40.3 Å². The third kappa shape index (κ3) is 4.23. The number of thiazole rings is 1. The summed E-state index contributed by atoms with van der Waals surface area (Å²) in [6, 6.07) is 7.24. The molecule has 4 rings (SSSR count). The summed E-state index contributed by atoms with van der Waals surface area (Å²) in [5.41, 5.74) is 4.34. The van der Waals surface area contributed by atoms with Crippen molar-refractivity contribution >= 4 is 29.1 Å². The molecule has 1 atom stereocenters. The van der Waals surface area contributed by atoms with E-state index in [0.29, 0.717) is 20.6 Å². The standard InChI is InChI=1S/C25H29N5O3S/c1-7-29-14-18(15(3)27-29)13-20-23(31)30-22(17-9-11-19(12-10-17)28(5)6)21(24(32)33-8-2)16(4)26-25(30)34-20/h9-14,22H,7-8H2,1-6H3/b20-13+. The molecule has 0 N–H and O–H groups in total. The Labute approximate surface area is 202 Å². The summed E-state index contributed by atoms with van der Waals surface area (Å²) >= 11 is 1.32. The molecule has 3 heterocycles. The molecule has 0 spiro atoms. The number of carbonyl (C=O) groups excluding carboxylic acids is 1. The monoisotopic (exact) mass is 479 g/mol. The first-order chi connectivity index (χ1) is 16.2. The first kappa shape index (κ1) is 23.7. The van der Waals surface area contributed by atoms with Gasteiger partial charge in [-0.1, -0.05) is 23.5 Å². The molecular weight excluding hydrogens is 450 g/mol. The van der Waals surface area contributed by atoms with E-state index in [9.17, 15) is 9.59 Å². The molecule has 178 valence electrons. The number of nitrogens with zero attached hydrogens (tertiary/aromatic N) is 5. The van der Waals surface area contributed by atoms with E-state index in [2.05, 4.69) is 10.1 Å². The van der Waals surface area contributed by atoms with Gasteiger partial charge < -0.3 is 9.64 Å². The van der Waals surface area contributed by atoms with Crippen LogP contribution in [0.25, 0.3) is 6.08 Å². The molecule has 8 nitrogen and oxygen atoms in total. The van der Waals surface area contributed by atoms with Gasteiger partial charge in [0.2, 0.25) is 0 Å². The highest BCUT2D eigenvalue weighted by Gasteiger charge is 2.33. The minimum absolute atomic E-state index is 0.191. The Bertz CT molecular complexity index is 1440. The minimum Gasteiger partial charge on any atom is -0.463 e. The number of anilines is 1. The molecule has 1 aliphatic heterocycles. The van der Waals surface area contributed by atoms with Crippen molar-refractivity contribution in [2.24, 2.45) is 4.99 Å². The molecule has 0 bridgehead atoms. The molecule has 0 aliphatic carbocycles. The number of rotatable bonds is 6. The molecule has 0 saturated carbocycles. The highest BCUT2D eigenvalue weighted by atomic mass is 32.1. The van der Waals surface area contributed by atoms with Gasteiger partial charge in [0.15, 0.2) is 4.80 Å². The number of carbonyl (C=O) groups is 1. The highest BCUT2D eigenvalue weighted by Crippen LogP contribution is 2.31. The third-order valence-electron chi connectivity index (χ3n) is 5.84. The van der Waals surface area contributed by atoms with E-state index < -0.39 is 12.0 Å². The van der Waals surface area contributed by atoms with E-state index in [1.807, 2.05) is 74.1 Å². The lowest BCUT2D eigenvalue weighted by Gasteiger charge is -2.25. The van der Waals surface area contributed by atoms with Crippen molar-refractivity contribution in [2.75, 3.05) is 25.6 Å². The van der Waals surface area contributed by atoms with Crippen LogP contribution in [0.15, 0.2) is 51.5 Å². The molecule has 1 unspecified atom stereocenters. The number of allylic oxidation sites excluding steroid dienone is 1. The summed E-state index contributed by atoms with van der Waals surface area (Å²) in [5.74, 6) is -0.459. The van der Waals surface area contributed by atoms with Crippen LogP contribution < -0.4 is 19.8 Å². The predicted octanol–water partition coefficient (Wildman–Crippen LogP) is 2.39. The fourth-order valence-corrected chi connectivity index (χ4v) is 5.08. The Morgan fingerprint density at radius 3 is 2.50 bits per heavy atom. The molecule has 0 saturated heterocycles. The van der Waals surface area contributed by atoms with Gasteiger partial charge in [-0.05, 0) is 51.5 Å². The summed E-state index contributed by atoms with van der Waals surface area (Å²) < 4.78 is 9.36. The molecule has 0 amide bonds. The van der Waals surface area contributed by atoms with Crippen molar-refractivity contribution in [3.05, 3.63) is 78.2 Å². The fourth-order valence-electron chi connectivity index (χ4n) is 4.04. The fraction of sp³-hybridized carbons (Fsp3) is 0.360. The molecule has 0 radical (unpaired) electrons. The smallest absolute Gasteiger partial charge is 0.338 e. The maximum Gasteiger partial charge on any atom is 0.338 e. The normalized spacial score (nSPS) is 15.8. The van der Waals surface area contributed by atoms with Crippen molar-refractivity contribution < 1.29 is 9.53 Å². The zero-order chi connectivity index (χ0) is 24.6. The van der Waals surface area contributed by atoms with Crippen LogP contribution in [-0.2, 0) is 16.1 Å². The first-order valence-electron chi connectivity index (χ1n) is 11.3. The van der Waals surface area contributed by atoms with Crippen molar-refractivity contribution in [3.8, 4) is 0 Å². The molecule has 2 aromatic heterocycles. The zero-order valence-electron chi connectivity index (χ0n) is 20.3. The second-order valence-electron chi connectivity index (χ2n) is 8.31. The number of aryl methyl sites for hydroxylation is 2. The lowest BCUT2D eigenvalue weighted by molar-refractivity contribution is -0.139.